The maximum atomic E-state index is 12.9. The van der Waals surface area contributed by atoms with Gasteiger partial charge in [-0.15, -0.1) is 0 Å². The van der Waals surface area contributed by atoms with E-state index in [1.807, 2.05) is 38.1 Å². The fraction of sp³-hybridized carbons (Fsp3) is 0.200. The molecule has 0 unspecified atom stereocenters. The smallest absolute Gasteiger partial charge is 0.258 e. The first-order chi connectivity index (χ1) is 13.5. The van der Waals surface area contributed by atoms with Gasteiger partial charge in [0.2, 0.25) is 5.95 Å². The molecule has 142 valence electrons. The number of carbonyl (C=O) groups excluding carboxylic acids is 1. The van der Waals surface area contributed by atoms with E-state index in [0.717, 1.165) is 10.9 Å². The number of fused-ring (bicyclic) bond motifs is 1. The number of aromatic nitrogens is 5. The SMILES string of the molecule is CCc1c(C)nc(-n2nc(C)cc2NC(=O)c2c[nH]c3ccccc23)[nH]c1=O. The normalized spacial score (nSPS) is 11.1. The lowest BCUT2D eigenvalue weighted by Crippen LogP contribution is -2.21. The van der Waals surface area contributed by atoms with Crippen LogP contribution in [0.4, 0.5) is 5.82 Å². The third kappa shape index (κ3) is 2.98. The summed E-state index contributed by atoms with van der Waals surface area (Å²) in [6.45, 7) is 5.51. The van der Waals surface area contributed by atoms with Gasteiger partial charge in [-0.1, -0.05) is 25.1 Å². The van der Waals surface area contributed by atoms with Gasteiger partial charge in [0.1, 0.15) is 5.82 Å². The van der Waals surface area contributed by atoms with Crippen LogP contribution in [0, 0.1) is 13.8 Å². The van der Waals surface area contributed by atoms with Crippen LogP contribution in [0.25, 0.3) is 16.9 Å². The molecule has 8 nitrogen and oxygen atoms in total. The number of hydrogen-bond acceptors (Lipinski definition) is 4. The predicted molar refractivity (Wildman–Crippen MR) is 107 cm³/mol. The van der Waals surface area contributed by atoms with Crippen LogP contribution < -0.4 is 10.9 Å². The molecule has 0 aliphatic carbocycles. The van der Waals surface area contributed by atoms with E-state index in [4.69, 9.17) is 0 Å². The molecule has 4 rings (SSSR count). The number of para-hydroxylation sites is 1. The van der Waals surface area contributed by atoms with Crippen molar-refractivity contribution < 1.29 is 4.79 Å². The van der Waals surface area contributed by atoms with E-state index in [2.05, 4.69) is 25.4 Å². The summed E-state index contributed by atoms with van der Waals surface area (Å²) in [6, 6.07) is 9.32. The molecule has 0 bridgehead atoms. The Labute approximate surface area is 160 Å². The molecule has 3 heterocycles. The van der Waals surface area contributed by atoms with Crippen molar-refractivity contribution in [1.82, 2.24) is 24.7 Å². The summed E-state index contributed by atoms with van der Waals surface area (Å²) < 4.78 is 1.44. The van der Waals surface area contributed by atoms with Crippen molar-refractivity contribution in [2.75, 3.05) is 5.32 Å². The summed E-state index contributed by atoms with van der Waals surface area (Å²) in [5, 5.41) is 8.08. The number of H-pyrrole nitrogens is 2. The Balaban J connectivity index is 1.73. The van der Waals surface area contributed by atoms with Gasteiger partial charge in [0.05, 0.1) is 11.3 Å². The summed E-state index contributed by atoms with van der Waals surface area (Å²) >= 11 is 0. The van der Waals surface area contributed by atoms with Crippen LogP contribution in [0.2, 0.25) is 0 Å². The number of aryl methyl sites for hydroxylation is 2. The van der Waals surface area contributed by atoms with E-state index in [1.54, 1.807) is 19.2 Å². The zero-order valence-electron chi connectivity index (χ0n) is 15.8. The Morgan fingerprint density at radius 1 is 1.25 bits per heavy atom. The van der Waals surface area contributed by atoms with E-state index in [0.29, 0.717) is 34.8 Å². The second kappa shape index (κ2) is 6.80. The molecule has 0 saturated carbocycles. The third-order valence-corrected chi connectivity index (χ3v) is 4.67. The molecule has 0 aliphatic rings. The van der Waals surface area contributed by atoms with Crippen molar-refractivity contribution in [1.29, 1.82) is 0 Å². The molecular formula is C20H20N6O2. The number of aromatic amines is 2. The van der Waals surface area contributed by atoms with Gasteiger partial charge in [-0.25, -0.2) is 4.98 Å². The van der Waals surface area contributed by atoms with Gasteiger partial charge < -0.3 is 10.3 Å². The Kier molecular flexibility index (Phi) is 4.31. The highest BCUT2D eigenvalue weighted by Crippen LogP contribution is 2.20. The quantitative estimate of drug-likeness (QED) is 0.509. The van der Waals surface area contributed by atoms with Crippen molar-refractivity contribution >= 4 is 22.6 Å². The Morgan fingerprint density at radius 2 is 2.04 bits per heavy atom. The van der Waals surface area contributed by atoms with Gasteiger partial charge in [0.25, 0.3) is 11.5 Å². The highest BCUT2D eigenvalue weighted by atomic mass is 16.2. The van der Waals surface area contributed by atoms with E-state index >= 15 is 0 Å². The summed E-state index contributed by atoms with van der Waals surface area (Å²) in [4.78, 5) is 35.5. The first-order valence-electron chi connectivity index (χ1n) is 9.02. The molecule has 0 aliphatic heterocycles. The predicted octanol–water partition coefficient (Wildman–Crippen LogP) is 2.87. The molecular weight excluding hydrogens is 356 g/mol. The lowest BCUT2D eigenvalue weighted by atomic mass is 10.1. The number of hydrogen-bond donors (Lipinski definition) is 3. The lowest BCUT2D eigenvalue weighted by molar-refractivity contribution is 0.102. The first kappa shape index (κ1) is 17.7. The van der Waals surface area contributed by atoms with Crippen LogP contribution in [-0.2, 0) is 6.42 Å². The van der Waals surface area contributed by atoms with Crippen LogP contribution >= 0.6 is 0 Å². The molecule has 0 radical (unpaired) electrons. The van der Waals surface area contributed by atoms with Crippen molar-refractivity contribution in [3.63, 3.8) is 0 Å². The fourth-order valence-corrected chi connectivity index (χ4v) is 3.31. The minimum atomic E-state index is -0.275. The highest BCUT2D eigenvalue weighted by molar-refractivity contribution is 6.12. The minimum Gasteiger partial charge on any atom is -0.360 e. The molecule has 8 heteroatoms. The van der Waals surface area contributed by atoms with Crippen molar-refractivity contribution in [2.24, 2.45) is 0 Å². The zero-order chi connectivity index (χ0) is 19.8. The maximum Gasteiger partial charge on any atom is 0.258 e. The number of amides is 1. The Bertz CT molecular complexity index is 1250. The summed E-state index contributed by atoms with van der Waals surface area (Å²) in [6.07, 6.45) is 2.27. The number of anilines is 1. The monoisotopic (exact) mass is 376 g/mol. The molecule has 0 fully saturated rings. The standard InChI is InChI=1S/C20H20N6O2/c1-4-13-12(3)22-20(24-18(13)27)26-17(9-11(2)25-26)23-19(28)15-10-21-16-8-6-5-7-14(15)16/h5-10,21H,4H2,1-3H3,(H,23,28)(H,22,24,27). The topological polar surface area (TPSA) is 108 Å². The van der Waals surface area contributed by atoms with Gasteiger partial charge in [-0.3, -0.25) is 14.6 Å². The minimum absolute atomic E-state index is 0.202. The highest BCUT2D eigenvalue weighted by Gasteiger charge is 2.17. The molecule has 28 heavy (non-hydrogen) atoms. The molecule has 3 N–H and O–H groups in total. The summed E-state index contributed by atoms with van der Waals surface area (Å²) in [7, 11) is 0. The van der Waals surface area contributed by atoms with Gasteiger partial charge in [0.15, 0.2) is 0 Å². The number of benzene rings is 1. The van der Waals surface area contributed by atoms with E-state index in [9.17, 15) is 9.59 Å². The lowest BCUT2D eigenvalue weighted by Gasteiger charge is -2.09. The molecule has 0 saturated heterocycles. The van der Waals surface area contributed by atoms with Crippen LogP contribution in [0.5, 0.6) is 0 Å². The van der Waals surface area contributed by atoms with Crippen LogP contribution in [0.3, 0.4) is 0 Å². The number of nitrogens with one attached hydrogen (secondary N) is 3. The second-order valence-electron chi connectivity index (χ2n) is 6.59. The number of nitrogens with zero attached hydrogens (tertiary/aromatic N) is 3. The van der Waals surface area contributed by atoms with Gasteiger partial charge in [-0.05, 0) is 26.3 Å². The number of carbonyl (C=O) groups is 1. The maximum absolute atomic E-state index is 12.9. The van der Waals surface area contributed by atoms with Crippen LogP contribution in [0.1, 0.15) is 34.2 Å². The average Bonchev–Trinajstić information content (AvgIpc) is 3.25. The Hall–Kier alpha value is -3.68. The van der Waals surface area contributed by atoms with E-state index in [1.165, 1.54) is 4.68 Å². The Morgan fingerprint density at radius 3 is 2.79 bits per heavy atom. The van der Waals surface area contributed by atoms with E-state index in [-0.39, 0.29) is 17.4 Å². The summed E-state index contributed by atoms with van der Waals surface area (Å²) in [5.74, 6) is 0.421. The second-order valence-corrected chi connectivity index (χ2v) is 6.59. The fourth-order valence-electron chi connectivity index (χ4n) is 3.31. The number of rotatable bonds is 4. The molecule has 1 aromatic carbocycles. The van der Waals surface area contributed by atoms with Crippen molar-refractivity contribution in [2.45, 2.75) is 27.2 Å². The zero-order valence-corrected chi connectivity index (χ0v) is 15.8. The molecule has 0 spiro atoms. The molecule has 4 aromatic rings. The molecule has 3 aromatic heterocycles. The molecule has 1 amide bonds. The summed E-state index contributed by atoms with van der Waals surface area (Å²) in [5.41, 5.74) is 3.18. The third-order valence-electron chi connectivity index (χ3n) is 4.67. The first-order valence-corrected chi connectivity index (χ1v) is 9.02. The van der Waals surface area contributed by atoms with Gasteiger partial charge in [-0.2, -0.15) is 9.78 Å². The molecule has 0 atom stereocenters. The van der Waals surface area contributed by atoms with Crippen LogP contribution in [0.15, 0.2) is 41.3 Å². The van der Waals surface area contributed by atoms with Gasteiger partial charge in [0, 0.05) is 34.4 Å². The van der Waals surface area contributed by atoms with Crippen LogP contribution in [-0.4, -0.2) is 30.6 Å². The van der Waals surface area contributed by atoms with Gasteiger partial charge >= 0.3 is 0 Å². The van der Waals surface area contributed by atoms with E-state index < -0.39 is 0 Å². The van der Waals surface area contributed by atoms with Crippen molar-refractivity contribution in [3.8, 4) is 5.95 Å². The largest absolute Gasteiger partial charge is 0.360 e. The van der Waals surface area contributed by atoms with Crippen molar-refractivity contribution in [3.05, 3.63) is 69.4 Å². The average molecular weight is 376 g/mol.